The van der Waals surface area contributed by atoms with E-state index >= 15 is 0 Å². The molecule has 0 fully saturated rings. The predicted molar refractivity (Wildman–Crippen MR) is 111 cm³/mol. The van der Waals surface area contributed by atoms with Crippen molar-refractivity contribution < 1.29 is 27.1 Å². The van der Waals surface area contributed by atoms with Crippen LogP contribution in [0.1, 0.15) is 16.2 Å². The van der Waals surface area contributed by atoms with Gasteiger partial charge in [0.25, 0.3) is 21.8 Å². The highest BCUT2D eigenvalue weighted by Crippen LogP contribution is 2.21. The van der Waals surface area contributed by atoms with Crippen molar-refractivity contribution >= 4 is 45.0 Å². The number of nitrogens with one attached hydrogen (secondary N) is 2. The van der Waals surface area contributed by atoms with Crippen LogP contribution in [0, 0.1) is 0 Å². The number of anilines is 2. The molecular weight excluding hydrogens is 448 g/mol. The Morgan fingerprint density at radius 1 is 1.00 bits per heavy atom. The summed E-state index contributed by atoms with van der Waals surface area (Å²) in [7, 11) is -3.79. The third-order valence-corrected chi connectivity index (χ3v) is 5.68. The molecule has 0 aliphatic carbocycles. The molecule has 4 rings (SSSR count). The summed E-state index contributed by atoms with van der Waals surface area (Å²) in [5.74, 6) is -0.171. The van der Waals surface area contributed by atoms with Gasteiger partial charge in [0, 0.05) is 16.3 Å². The van der Waals surface area contributed by atoms with Gasteiger partial charge in [-0.3, -0.25) is 14.8 Å². The molecule has 12 heteroatoms. The Morgan fingerprint density at radius 3 is 2.42 bits per heavy atom. The normalized spacial score (nSPS) is 13.5. The summed E-state index contributed by atoms with van der Waals surface area (Å²) in [6, 6.07) is 11.5. The molecule has 3 aromatic rings. The maximum absolute atomic E-state index is 12.4. The van der Waals surface area contributed by atoms with Crippen LogP contribution in [-0.2, 0) is 19.5 Å². The fourth-order valence-corrected chi connectivity index (χ4v) is 3.73. The van der Waals surface area contributed by atoms with Crippen LogP contribution in [0.4, 0.5) is 11.7 Å². The van der Waals surface area contributed by atoms with Gasteiger partial charge >= 0.3 is 6.01 Å². The Balaban J connectivity index is 1.41. The summed E-state index contributed by atoms with van der Waals surface area (Å²) in [5, 5.41) is 10.4. The topological polar surface area (TPSA) is 133 Å². The Morgan fingerprint density at radius 2 is 1.74 bits per heavy atom. The van der Waals surface area contributed by atoms with Gasteiger partial charge in [-0.15, -0.1) is 5.10 Å². The first-order valence-electron chi connectivity index (χ1n) is 8.89. The van der Waals surface area contributed by atoms with Crippen molar-refractivity contribution in [2.45, 2.75) is 4.90 Å². The number of sulfonamides is 1. The lowest BCUT2D eigenvalue weighted by atomic mass is 10.2. The van der Waals surface area contributed by atoms with Crippen LogP contribution in [0.5, 0.6) is 0 Å². The molecule has 10 nitrogen and oxygen atoms in total. The Labute approximate surface area is 181 Å². The summed E-state index contributed by atoms with van der Waals surface area (Å²) in [6.07, 6.45) is 1.35. The van der Waals surface area contributed by atoms with E-state index in [4.69, 9.17) is 25.5 Å². The van der Waals surface area contributed by atoms with Gasteiger partial charge in [0.15, 0.2) is 0 Å². The van der Waals surface area contributed by atoms with Crippen molar-refractivity contribution in [3.8, 4) is 0 Å². The van der Waals surface area contributed by atoms with Crippen LogP contribution in [0.15, 0.2) is 64.1 Å². The SMILES string of the molecule is O=C(Nc1nnc(C2=COCCO2)o1)c1ccc(NS(=O)(=O)c2ccc(Cl)cc2)cc1. The molecule has 1 aliphatic rings. The molecule has 1 aromatic heterocycles. The van der Waals surface area contributed by atoms with E-state index < -0.39 is 15.9 Å². The van der Waals surface area contributed by atoms with Gasteiger partial charge in [-0.1, -0.05) is 16.7 Å². The van der Waals surface area contributed by atoms with Gasteiger partial charge in [-0.25, -0.2) is 8.42 Å². The number of nitrogens with zero attached hydrogens (tertiary/aromatic N) is 2. The van der Waals surface area contributed by atoms with E-state index in [-0.39, 0.29) is 33.8 Å². The van der Waals surface area contributed by atoms with E-state index in [0.717, 1.165) is 0 Å². The molecule has 0 saturated heterocycles. The number of amides is 1. The van der Waals surface area contributed by atoms with Crippen molar-refractivity contribution in [3.05, 3.63) is 71.3 Å². The minimum atomic E-state index is -3.79. The van der Waals surface area contributed by atoms with Gasteiger partial charge < -0.3 is 13.9 Å². The molecule has 1 amide bonds. The van der Waals surface area contributed by atoms with Crippen molar-refractivity contribution in [2.24, 2.45) is 0 Å². The highest BCUT2D eigenvalue weighted by Gasteiger charge is 2.18. The largest absolute Gasteiger partial charge is 0.494 e. The maximum Gasteiger partial charge on any atom is 0.322 e. The number of aromatic nitrogens is 2. The number of ether oxygens (including phenoxy) is 2. The van der Waals surface area contributed by atoms with Crippen molar-refractivity contribution in [2.75, 3.05) is 23.3 Å². The summed E-state index contributed by atoms with van der Waals surface area (Å²) in [6.45, 7) is 0.775. The van der Waals surface area contributed by atoms with Gasteiger partial charge in [0.1, 0.15) is 19.5 Å². The lowest BCUT2D eigenvalue weighted by Gasteiger charge is -2.11. The van der Waals surface area contributed by atoms with Crippen molar-refractivity contribution in [3.63, 3.8) is 0 Å². The van der Waals surface area contributed by atoms with E-state index in [1.807, 2.05) is 0 Å². The predicted octanol–water partition coefficient (Wildman–Crippen LogP) is 3.12. The molecule has 0 unspecified atom stereocenters. The van der Waals surface area contributed by atoms with E-state index in [9.17, 15) is 13.2 Å². The molecule has 31 heavy (non-hydrogen) atoms. The maximum atomic E-state index is 12.4. The number of carbonyl (C=O) groups excluding carboxylic acids is 1. The molecular formula is C19H15ClN4O6S. The second-order valence-electron chi connectivity index (χ2n) is 6.20. The standard InChI is InChI=1S/C19H15ClN4O6S/c20-13-3-7-15(8-4-13)31(26,27)24-14-5-1-12(2-6-14)17(25)21-19-23-22-18(30-19)16-11-28-9-10-29-16/h1-8,11,24H,9-10H2,(H,21,23,25). The molecule has 0 radical (unpaired) electrons. The van der Waals surface area contributed by atoms with E-state index in [1.54, 1.807) is 0 Å². The first kappa shape index (κ1) is 20.7. The van der Waals surface area contributed by atoms with Crippen molar-refractivity contribution in [1.29, 1.82) is 0 Å². The zero-order valence-electron chi connectivity index (χ0n) is 15.7. The Kier molecular flexibility index (Phi) is 5.78. The Bertz CT molecular complexity index is 1220. The van der Waals surface area contributed by atoms with E-state index in [0.29, 0.717) is 18.2 Å². The van der Waals surface area contributed by atoms with Gasteiger partial charge in [0.2, 0.25) is 5.76 Å². The first-order chi connectivity index (χ1) is 14.9. The second-order valence-corrected chi connectivity index (χ2v) is 8.32. The van der Waals surface area contributed by atoms with Crippen LogP contribution >= 0.6 is 11.6 Å². The molecule has 160 valence electrons. The summed E-state index contributed by atoms with van der Waals surface area (Å²) < 4.78 is 43.1. The first-order valence-corrected chi connectivity index (χ1v) is 10.7. The molecule has 2 N–H and O–H groups in total. The molecule has 0 saturated carbocycles. The molecule has 0 spiro atoms. The molecule has 0 atom stereocenters. The summed E-state index contributed by atoms with van der Waals surface area (Å²) in [4.78, 5) is 12.5. The molecule has 2 heterocycles. The minimum Gasteiger partial charge on any atom is -0.494 e. The monoisotopic (exact) mass is 462 g/mol. The third kappa shape index (κ3) is 4.95. The van der Waals surface area contributed by atoms with Crippen LogP contribution in [-0.4, -0.2) is 37.7 Å². The Hall–Kier alpha value is -3.57. The highest BCUT2D eigenvalue weighted by atomic mass is 35.5. The summed E-state index contributed by atoms with van der Waals surface area (Å²) >= 11 is 5.79. The van der Waals surface area contributed by atoms with E-state index in [1.165, 1.54) is 54.8 Å². The molecule has 0 bridgehead atoms. The minimum absolute atomic E-state index is 0.0633. The lowest BCUT2D eigenvalue weighted by molar-refractivity contribution is 0.102. The lowest BCUT2D eigenvalue weighted by Crippen LogP contribution is -2.14. The average molecular weight is 463 g/mol. The summed E-state index contributed by atoms with van der Waals surface area (Å²) in [5.41, 5.74) is 0.540. The zero-order valence-corrected chi connectivity index (χ0v) is 17.3. The number of carbonyl (C=O) groups is 1. The van der Waals surface area contributed by atoms with Gasteiger partial charge in [-0.2, -0.15) is 0 Å². The fourth-order valence-electron chi connectivity index (χ4n) is 2.54. The smallest absolute Gasteiger partial charge is 0.322 e. The fraction of sp³-hybridized carbons (Fsp3) is 0.105. The molecule has 1 aliphatic heterocycles. The number of rotatable bonds is 6. The zero-order chi connectivity index (χ0) is 21.8. The van der Waals surface area contributed by atoms with Crippen LogP contribution in [0.2, 0.25) is 5.02 Å². The number of hydrogen-bond acceptors (Lipinski definition) is 8. The second kappa shape index (κ2) is 8.66. The number of benzene rings is 2. The number of hydrogen-bond donors (Lipinski definition) is 2. The van der Waals surface area contributed by atoms with Gasteiger partial charge in [0.05, 0.1) is 4.90 Å². The van der Waals surface area contributed by atoms with Gasteiger partial charge in [-0.05, 0) is 48.5 Å². The highest BCUT2D eigenvalue weighted by molar-refractivity contribution is 7.92. The van der Waals surface area contributed by atoms with Crippen LogP contribution in [0.25, 0.3) is 5.76 Å². The average Bonchev–Trinajstić information content (AvgIpc) is 3.23. The van der Waals surface area contributed by atoms with Crippen LogP contribution in [0.3, 0.4) is 0 Å². The van der Waals surface area contributed by atoms with E-state index in [2.05, 4.69) is 20.2 Å². The van der Waals surface area contributed by atoms with Crippen LogP contribution < -0.4 is 10.0 Å². The molecule has 2 aromatic carbocycles. The number of halogens is 1. The third-order valence-electron chi connectivity index (χ3n) is 4.03. The quantitative estimate of drug-likeness (QED) is 0.570. The van der Waals surface area contributed by atoms with Crippen molar-refractivity contribution in [1.82, 2.24) is 10.2 Å².